The largest absolute Gasteiger partial charge is 0.329 e. The third-order valence-corrected chi connectivity index (χ3v) is 4.01. The van der Waals surface area contributed by atoms with Crippen LogP contribution in [-0.2, 0) is 0 Å². The van der Waals surface area contributed by atoms with E-state index in [1.165, 1.54) is 0 Å². The lowest BCUT2D eigenvalue weighted by Gasteiger charge is -2.22. The summed E-state index contributed by atoms with van der Waals surface area (Å²) in [6, 6.07) is 17.7. The molecule has 0 amide bonds. The van der Waals surface area contributed by atoms with Crippen molar-refractivity contribution in [1.82, 2.24) is 14.5 Å². The van der Waals surface area contributed by atoms with Crippen molar-refractivity contribution < 1.29 is 0 Å². The first-order chi connectivity index (χ1) is 12.0. The molecular formula is C19H22N6. The Balaban J connectivity index is 2.20. The molecule has 1 heterocycles. The Labute approximate surface area is 147 Å². The Kier molecular flexibility index (Phi) is 4.63. The van der Waals surface area contributed by atoms with E-state index in [1.807, 2.05) is 85.5 Å². The van der Waals surface area contributed by atoms with Crippen molar-refractivity contribution in [1.29, 1.82) is 10.8 Å². The van der Waals surface area contributed by atoms with Gasteiger partial charge in [-0.15, -0.1) is 0 Å². The smallest absolute Gasteiger partial charge is 0.230 e. The summed E-state index contributed by atoms with van der Waals surface area (Å²) >= 11 is 0. The first-order valence-electron chi connectivity index (χ1n) is 8.06. The Bertz CT molecular complexity index is 959. The molecule has 0 aliphatic rings. The molecule has 2 aromatic carbocycles. The van der Waals surface area contributed by atoms with Crippen LogP contribution in [0.25, 0.3) is 10.9 Å². The minimum Gasteiger partial charge on any atom is -0.329 e. The lowest BCUT2D eigenvalue weighted by Crippen LogP contribution is -2.36. The Morgan fingerprint density at radius 1 is 1.00 bits per heavy atom. The van der Waals surface area contributed by atoms with Crippen molar-refractivity contribution in [3.05, 3.63) is 60.2 Å². The molecule has 0 aliphatic carbocycles. The number of nitrogens with zero attached hydrogens (tertiary/aromatic N) is 4. The molecule has 6 nitrogen and oxygen atoms in total. The molecule has 1 aromatic heterocycles. The van der Waals surface area contributed by atoms with Crippen molar-refractivity contribution in [2.45, 2.75) is 0 Å². The monoisotopic (exact) mass is 334 g/mol. The van der Waals surface area contributed by atoms with Gasteiger partial charge in [0, 0.05) is 18.1 Å². The van der Waals surface area contributed by atoms with E-state index < -0.39 is 0 Å². The Morgan fingerprint density at radius 2 is 1.64 bits per heavy atom. The van der Waals surface area contributed by atoms with Gasteiger partial charge in [0.2, 0.25) is 5.62 Å². The average molecular weight is 334 g/mol. The highest BCUT2D eigenvalue weighted by atomic mass is 15.2. The molecule has 0 unspecified atom stereocenters. The van der Waals surface area contributed by atoms with Crippen molar-refractivity contribution in [3.8, 4) is 0 Å². The number of aromatic nitrogens is 2. The third kappa shape index (κ3) is 3.29. The molecule has 0 bridgehead atoms. The number of fused-ring (bicyclic) bond motifs is 1. The van der Waals surface area contributed by atoms with E-state index in [-0.39, 0.29) is 5.62 Å². The summed E-state index contributed by atoms with van der Waals surface area (Å²) < 4.78 is 1.59. The van der Waals surface area contributed by atoms with Gasteiger partial charge in [-0.3, -0.25) is 15.4 Å². The van der Waals surface area contributed by atoms with Gasteiger partial charge in [-0.05, 0) is 38.4 Å². The number of likely N-dealkylation sites (N-methyl/N-ethyl adjacent to an activating group) is 1. The van der Waals surface area contributed by atoms with Crippen LogP contribution in [0.5, 0.6) is 0 Å². The summed E-state index contributed by atoms with van der Waals surface area (Å²) in [5, 5.41) is 17.7. The lowest BCUT2D eigenvalue weighted by atomic mass is 10.2. The van der Waals surface area contributed by atoms with E-state index >= 15 is 0 Å². The van der Waals surface area contributed by atoms with Gasteiger partial charge < -0.3 is 9.80 Å². The van der Waals surface area contributed by atoms with Crippen molar-refractivity contribution in [3.63, 3.8) is 0 Å². The van der Waals surface area contributed by atoms with E-state index in [2.05, 4.69) is 4.98 Å². The predicted octanol–water partition coefficient (Wildman–Crippen LogP) is 2.67. The topological polar surface area (TPSA) is 72.0 Å². The summed E-state index contributed by atoms with van der Waals surface area (Å²) in [4.78, 5) is 8.38. The maximum atomic E-state index is 8.39. The zero-order valence-corrected chi connectivity index (χ0v) is 14.7. The number of anilines is 2. The first-order valence-corrected chi connectivity index (χ1v) is 8.06. The molecule has 0 atom stereocenters. The molecule has 0 radical (unpaired) electrons. The van der Waals surface area contributed by atoms with Crippen molar-refractivity contribution in [2.75, 3.05) is 32.6 Å². The van der Waals surface area contributed by atoms with E-state index in [4.69, 9.17) is 10.8 Å². The molecule has 25 heavy (non-hydrogen) atoms. The maximum absolute atomic E-state index is 8.39. The Morgan fingerprint density at radius 3 is 2.32 bits per heavy atom. The molecule has 0 aliphatic heterocycles. The summed E-state index contributed by atoms with van der Waals surface area (Å²) in [6.45, 7) is 0.441. The highest BCUT2D eigenvalue weighted by Gasteiger charge is 2.15. The van der Waals surface area contributed by atoms with E-state index in [1.54, 1.807) is 4.57 Å². The van der Waals surface area contributed by atoms with Crippen LogP contribution in [0.3, 0.4) is 0 Å². The number of para-hydroxylation sites is 2. The predicted molar refractivity (Wildman–Crippen MR) is 102 cm³/mol. The van der Waals surface area contributed by atoms with Crippen LogP contribution in [0.1, 0.15) is 0 Å². The van der Waals surface area contributed by atoms with Gasteiger partial charge in [0.05, 0.1) is 12.1 Å². The number of nitrogens with one attached hydrogen (secondary N) is 2. The molecule has 3 aromatic rings. The van der Waals surface area contributed by atoms with Gasteiger partial charge in [0.15, 0.2) is 0 Å². The second-order valence-corrected chi connectivity index (χ2v) is 6.19. The van der Waals surface area contributed by atoms with Crippen LogP contribution in [-0.4, -0.2) is 48.0 Å². The fourth-order valence-corrected chi connectivity index (χ4v) is 2.86. The van der Waals surface area contributed by atoms with Crippen LogP contribution in [0.15, 0.2) is 54.6 Å². The minimum atomic E-state index is 0.0586. The van der Waals surface area contributed by atoms with Crippen LogP contribution in [0.2, 0.25) is 0 Å². The summed E-state index contributed by atoms with van der Waals surface area (Å²) in [6.07, 6.45) is 0. The first kappa shape index (κ1) is 16.9. The van der Waals surface area contributed by atoms with Gasteiger partial charge in [-0.1, -0.05) is 30.3 Å². The normalized spacial score (nSPS) is 11.0. The molecule has 0 spiro atoms. The molecule has 0 saturated carbocycles. The van der Waals surface area contributed by atoms with Crippen LogP contribution in [0.4, 0.5) is 11.5 Å². The fourth-order valence-electron chi connectivity index (χ4n) is 2.86. The maximum Gasteiger partial charge on any atom is 0.230 e. The minimum absolute atomic E-state index is 0.0586. The zero-order chi connectivity index (χ0) is 18.0. The highest BCUT2D eigenvalue weighted by Crippen LogP contribution is 2.27. The average Bonchev–Trinajstić information content (AvgIpc) is 2.60. The number of benzene rings is 2. The van der Waals surface area contributed by atoms with Crippen LogP contribution >= 0.6 is 0 Å². The lowest BCUT2D eigenvalue weighted by molar-refractivity contribution is 0.464. The van der Waals surface area contributed by atoms with Gasteiger partial charge in [-0.2, -0.15) is 4.98 Å². The molecule has 128 valence electrons. The summed E-state index contributed by atoms with van der Waals surface area (Å²) in [7, 11) is 5.76. The fraction of sp³-hybridized carbons (Fsp3) is 0.211. The van der Waals surface area contributed by atoms with Crippen molar-refractivity contribution in [2.24, 2.45) is 0 Å². The molecule has 0 fully saturated rings. The van der Waals surface area contributed by atoms with E-state index in [0.717, 1.165) is 16.6 Å². The SMILES string of the molecule is CN(C)CC(=N)n1c(=N)nc(N(C)c2ccccc2)c2ccccc21. The molecule has 0 saturated heterocycles. The molecule has 6 heteroatoms. The Hall–Kier alpha value is -2.99. The van der Waals surface area contributed by atoms with Crippen LogP contribution < -0.4 is 10.5 Å². The molecule has 3 rings (SSSR count). The number of hydrogen-bond donors (Lipinski definition) is 2. The molecule has 2 N–H and O–H groups in total. The van der Waals surface area contributed by atoms with E-state index in [9.17, 15) is 0 Å². The van der Waals surface area contributed by atoms with Crippen molar-refractivity contribution >= 4 is 28.2 Å². The second-order valence-electron chi connectivity index (χ2n) is 6.19. The van der Waals surface area contributed by atoms with Gasteiger partial charge in [0.1, 0.15) is 11.7 Å². The third-order valence-electron chi connectivity index (χ3n) is 4.01. The number of rotatable bonds is 4. The van der Waals surface area contributed by atoms with Gasteiger partial charge in [-0.25, -0.2) is 0 Å². The van der Waals surface area contributed by atoms with Crippen LogP contribution in [0, 0.1) is 10.8 Å². The van der Waals surface area contributed by atoms with E-state index in [0.29, 0.717) is 18.2 Å². The zero-order valence-electron chi connectivity index (χ0n) is 14.7. The van der Waals surface area contributed by atoms with Gasteiger partial charge in [0.25, 0.3) is 0 Å². The highest BCUT2D eigenvalue weighted by molar-refractivity contribution is 5.98. The number of hydrogen-bond acceptors (Lipinski definition) is 5. The quantitative estimate of drug-likeness (QED) is 0.569. The second kappa shape index (κ2) is 6.86. The van der Waals surface area contributed by atoms with Gasteiger partial charge >= 0.3 is 0 Å². The summed E-state index contributed by atoms with van der Waals surface area (Å²) in [5.74, 6) is 1.04. The molecular weight excluding hydrogens is 312 g/mol. The summed E-state index contributed by atoms with van der Waals surface area (Å²) in [5.41, 5.74) is 1.87. The standard InChI is InChI=1S/C19H22N6/c1-23(2)13-17(20)25-16-12-8-7-11-15(16)18(22-19(25)21)24(3)14-9-5-4-6-10-14/h4-12,20-21H,13H2,1-3H3.